The van der Waals surface area contributed by atoms with Gasteiger partial charge in [-0.15, -0.1) is 0 Å². The lowest BCUT2D eigenvalue weighted by Crippen LogP contribution is -2.40. The number of ether oxygens (including phenoxy) is 5. The Morgan fingerprint density at radius 1 is 1.05 bits per heavy atom. The number of nitro benzene ring substituents is 1. The van der Waals surface area contributed by atoms with Gasteiger partial charge in [-0.1, -0.05) is 17.4 Å². The number of allylic oxidation sites excluding steroid dienone is 1. The van der Waals surface area contributed by atoms with Crippen molar-refractivity contribution in [1.82, 2.24) is 4.57 Å². The number of methoxy groups -OCH3 is 4. The molecule has 4 rings (SSSR count). The van der Waals surface area contributed by atoms with Gasteiger partial charge in [-0.3, -0.25) is 19.5 Å². The lowest BCUT2D eigenvalue weighted by atomic mass is 9.95. The summed E-state index contributed by atoms with van der Waals surface area (Å²) in [6.07, 6.45) is 1.40. The maximum atomic E-state index is 13.9. The molecule has 0 radical (unpaired) electrons. The average molecular weight is 570 g/mol. The number of hydrogen-bond donors (Lipinski definition) is 0. The number of thiazole rings is 1. The summed E-state index contributed by atoms with van der Waals surface area (Å²) in [5.74, 6) is 0.693. The van der Waals surface area contributed by atoms with E-state index in [1.54, 1.807) is 32.0 Å². The minimum Gasteiger partial charge on any atom is -0.493 e. The number of hydrogen-bond acceptors (Lipinski definition) is 11. The van der Waals surface area contributed by atoms with E-state index in [4.69, 9.17) is 23.7 Å². The van der Waals surface area contributed by atoms with Crippen LogP contribution in [0.4, 0.5) is 5.69 Å². The van der Waals surface area contributed by atoms with E-state index in [9.17, 15) is 19.7 Å². The fourth-order valence-electron chi connectivity index (χ4n) is 4.43. The van der Waals surface area contributed by atoms with Crippen molar-refractivity contribution in [3.63, 3.8) is 0 Å². The third-order valence-electron chi connectivity index (χ3n) is 6.26. The molecule has 0 amide bonds. The zero-order chi connectivity index (χ0) is 29.1. The molecule has 0 aliphatic carbocycles. The Morgan fingerprint density at radius 3 is 2.27 bits per heavy atom. The van der Waals surface area contributed by atoms with Gasteiger partial charge in [0.1, 0.15) is 0 Å². The largest absolute Gasteiger partial charge is 0.493 e. The van der Waals surface area contributed by atoms with E-state index in [-0.39, 0.29) is 39.5 Å². The molecule has 13 heteroatoms. The summed E-state index contributed by atoms with van der Waals surface area (Å²) >= 11 is 1.04. The molecule has 0 saturated carbocycles. The summed E-state index contributed by atoms with van der Waals surface area (Å²) in [7, 11) is 5.76. The van der Waals surface area contributed by atoms with E-state index in [0.29, 0.717) is 27.6 Å². The van der Waals surface area contributed by atoms with Crippen molar-refractivity contribution in [2.45, 2.75) is 19.9 Å². The summed E-state index contributed by atoms with van der Waals surface area (Å²) in [4.78, 5) is 43.1. The van der Waals surface area contributed by atoms with Gasteiger partial charge in [-0.05, 0) is 43.7 Å². The number of aromatic nitrogens is 1. The van der Waals surface area contributed by atoms with Crippen LogP contribution in [0.15, 0.2) is 51.4 Å². The first kappa shape index (κ1) is 28.4. The number of carbonyl (C=O) groups excluding carboxylic acids is 1. The summed E-state index contributed by atoms with van der Waals surface area (Å²) < 4.78 is 28.2. The van der Waals surface area contributed by atoms with Crippen molar-refractivity contribution >= 4 is 29.1 Å². The third-order valence-corrected chi connectivity index (χ3v) is 7.24. The van der Waals surface area contributed by atoms with Gasteiger partial charge in [0.05, 0.1) is 73.4 Å². The first-order valence-corrected chi connectivity index (χ1v) is 12.8. The van der Waals surface area contributed by atoms with Crippen LogP contribution in [0.5, 0.6) is 23.0 Å². The van der Waals surface area contributed by atoms with Crippen LogP contribution in [0.3, 0.4) is 0 Å². The topological polar surface area (TPSA) is 141 Å². The predicted molar refractivity (Wildman–Crippen MR) is 146 cm³/mol. The molecule has 0 fully saturated rings. The second-order valence-electron chi connectivity index (χ2n) is 8.44. The van der Waals surface area contributed by atoms with Crippen LogP contribution < -0.4 is 33.8 Å². The zero-order valence-corrected chi connectivity index (χ0v) is 23.5. The van der Waals surface area contributed by atoms with Gasteiger partial charge < -0.3 is 23.7 Å². The van der Waals surface area contributed by atoms with Crippen molar-refractivity contribution in [3.05, 3.63) is 82.5 Å². The van der Waals surface area contributed by atoms with Crippen LogP contribution in [0.25, 0.3) is 6.08 Å². The number of rotatable bonds is 9. The van der Waals surface area contributed by atoms with E-state index in [2.05, 4.69) is 4.99 Å². The minimum absolute atomic E-state index is 0.127. The van der Waals surface area contributed by atoms with Gasteiger partial charge in [0.25, 0.3) is 11.2 Å². The summed E-state index contributed by atoms with van der Waals surface area (Å²) in [6.45, 7) is 3.47. The van der Waals surface area contributed by atoms with E-state index < -0.39 is 22.5 Å². The molecule has 1 aromatic heterocycles. The van der Waals surface area contributed by atoms with Crippen LogP contribution in [-0.2, 0) is 9.53 Å². The molecule has 210 valence electrons. The molecule has 12 nitrogen and oxygen atoms in total. The van der Waals surface area contributed by atoms with Gasteiger partial charge in [-0.25, -0.2) is 9.79 Å². The smallest absolute Gasteiger partial charge is 0.338 e. The molecule has 40 heavy (non-hydrogen) atoms. The SMILES string of the molecule is CCOC(=O)C1=C(C)N=c2s/c(=C\c3cc(OC)c(OC)cc3[N+](=O)[O-])c(=O)n2C1c1ccc(OC)c(OC)c1. The quantitative estimate of drug-likeness (QED) is 0.216. The normalized spacial score (nSPS) is 14.8. The molecule has 0 N–H and O–H groups in total. The highest BCUT2D eigenvalue weighted by atomic mass is 32.1. The minimum atomic E-state index is -0.905. The molecule has 2 heterocycles. The second kappa shape index (κ2) is 11.6. The molecular formula is C27H27N3O9S. The summed E-state index contributed by atoms with van der Waals surface area (Å²) in [5.41, 5.74) is 0.482. The number of nitrogens with zero attached hydrogens (tertiary/aromatic N) is 3. The molecule has 0 bridgehead atoms. The molecule has 1 unspecified atom stereocenters. The molecule has 1 aliphatic rings. The van der Waals surface area contributed by atoms with Gasteiger partial charge >= 0.3 is 5.97 Å². The second-order valence-corrected chi connectivity index (χ2v) is 9.45. The van der Waals surface area contributed by atoms with Crippen LogP contribution in [0.2, 0.25) is 0 Å². The Kier molecular flexibility index (Phi) is 8.24. The Morgan fingerprint density at radius 2 is 1.68 bits per heavy atom. The lowest BCUT2D eigenvalue weighted by molar-refractivity contribution is -0.385. The van der Waals surface area contributed by atoms with E-state index in [0.717, 1.165) is 11.3 Å². The maximum absolute atomic E-state index is 13.9. The van der Waals surface area contributed by atoms with Crippen molar-refractivity contribution in [2.24, 2.45) is 4.99 Å². The zero-order valence-electron chi connectivity index (χ0n) is 22.7. The molecular weight excluding hydrogens is 542 g/mol. The number of fused-ring (bicyclic) bond motifs is 1. The fourth-order valence-corrected chi connectivity index (χ4v) is 5.47. The number of esters is 1. The van der Waals surface area contributed by atoms with Crippen molar-refractivity contribution < 1.29 is 33.4 Å². The Labute approximate surface area is 232 Å². The predicted octanol–water partition coefficient (Wildman–Crippen LogP) is 2.74. The van der Waals surface area contributed by atoms with Gasteiger partial charge in [0.2, 0.25) is 0 Å². The number of benzene rings is 2. The highest BCUT2D eigenvalue weighted by molar-refractivity contribution is 7.07. The highest BCUT2D eigenvalue weighted by Crippen LogP contribution is 2.37. The van der Waals surface area contributed by atoms with Gasteiger partial charge in [-0.2, -0.15) is 0 Å². The van der Waals surface area contributed by atoms with E-state index >= 15 is 0 Å². The van der Waals surface area contributed by atoms with Crippen LogP contribution >= 0.6 is 11.3 Å². The average Bonchev–Trinajstić information content (AvgIpc) is 3.25. The van der Waals surface area contributed by atoms with Crippen LogP contribution in [0, 0.1) is 10.1 Å². The molecule has 1 atom stereocenters. The summed E-state index contributed by atoms with van der Waals surface area (Å²) in [5, 5.41) is 11.8. The molecule has 2 aromatic carbocycles. The van der Waals surface area contributed by atoms with Crippen molar-refractivity contribution in [3.8, 4) is 23.0 Å². The standard InChI is InChI=1S/C27H27N3O9S/c1-7-39-26(32)23-14(2)28-27-29(24(23)15-8-9-18(35-3)19(10-15)36-4)25(31)22(40-27)12-16-11-20(37-5)21(38-6)13-17(16)30(33)34/h8-13,24H,7H2,1-6H3/b22-12-. The van der Waals surface area contributed by atoms with Crippen molar-refractivity contribution in [1.29, 1.82) is 0 Å². The van der Waals surface area contributed by atoms with Crippen molar-refractivity contribution in [2.75, 3.05) is 35.0 Å². The van der Waals surface area contributed by atoms with Crippen LogP contribution in [-0.4, -0.2) is 50.5 Å². The monoisotopic (exact) mass is 569 g/mol. The first-order chi connectivity index (χ1) is 19.2. The molecule has 3 aromatic rings. The van der Waals surface area contributed by atoms with Gasteiger partial charge in [0.15, 0.2) is 27.8 Å². The lowest BCUT2D eigenvalue weighted by Gasteiger charge is -2.25. The highest BCUT2D eigenvalue weighted by Gasteiger charge is 2.34. The number of carbonyl (C=O) groups is 1. The fraction of sp³-hybridized carbons (Fsp3) is 0.296. The Bertz CT molecular complexity index is 1700. The molecule has 0 spiro atoms. The van der Waals surface area contributed by atoms with E-state index in [1.165, 1.54) is 51.2 Å². The molecule has 0 saturated heterocycles. The maximum Gasteiger partial charge on any atom is 0.338 e. The van der Waals surface area contributed by atoms with Crippen LogP contribution in [0.1, 0.15) is 31.0 Å². The van der Waals surface area contributed by atoms with Gasteiger partial charge in [0, 0.05) is 0 Å². The first-order valence-electron chi connectivity index (χ1n) is 12.0. The van der Waals surface area contributed by atoms with E-state index in [1.807, 2.05) is 0 Å². The molecule has 1 aliphatic heterocycles. The Hall–Kier alpha value is -4.65. The Balaban J connectivity index is 2.01. The third kappa shape index (κ3) is 5.02. The summed E-state index contributed by atoms with van der Waals surface area (Å²) in [6, 6.07) is 6.83. The number of nitro groups is 1.